The molecule has 0 fully saturated rings. The van der Waals surface area contributed by atoms with E-state index in [1.807, 2.05) is 29.7 Å². The van der Waals surface area contributed by atoms with Crippen molar-refractivity contribution in [3.05, 3.63) is 70.9 Å². The Hall–Kier alpha value is -3.89. The minimum atomic E-state index is -1.52. The Morgan fingerprint density at radius 2 is 2.03 bits per heavy atom. The highest BCUT2D eigenvalue weighted by molar-refractivity contribution is 6.58. The number of primary amides is 1. The number of rotatable bonds is 6. The molecule has 5 rings (SSSR count). The molecule has 0 aliphatic carbocycles. The maximum absolute atomic E-state index is 11.9. The molecule has 1 aliphatic heterocycles. The zero-order valence-electron chi connectivity index (χ0n) is 17.9. The van der Waals surface area contributed by atoms with Gasteiger partial charge in [0.05, 0.1) is 17.7 Å². The van der Waals surface area contributed by atoms with E-state index in [4.69, 9.17) is 15.5 Å². The topological polar surface area (TPSA) is 136 Å². The Morgan fingerprint density at radius 3 is 2.82 bits per heavy atom. The number of ether oxygens (including phenoxy) is 1. The zero-order valence-corrected chi connectivity index (χ0v) is 17.9. The fourth-order valence-corrected chi connectivity index (χ4v) is 4.19. The number of hydrogen-bond acceptors (Lipinski definition) is 7. The molecule has 1 amide bonds. The minimum absolute atomic E-state index is 0.422. The van der Waals surface area contributed by atoms with Crippen LogP contribution in [0.5, 0.6) is 5.88 Å². The number of carbonyl (C=O) groups excluding carboxylic acids is 1. The molecule has 0 radical (unpaired) electrons. The maximum Gasteiger partial charge on any atom is 0.488 e. The van der Waals surface area contributed by atoms with Gasteiger partial charge >= 0.3 is 7.12 Å². The van der Waals surface area contributed by atoms with Crippen LogP contribution in [0.15, 0.2) is 48.5 Å². The largest absolute Gasteiger partial charge is 0.488 e. The van der Waals surface area contributed by atoms with Gasteiger partial charge in [0.1, 0.15) is 5.82 Å². The molecule has 0 spiro atoms. The highest BCUT2D eigenvalue weighted by atomic mass is 16.5. The van der Waals surface area contributed by atoms with Gasteiger partial charge < -0.3 is 25.8 Å². The third-order valence-corrected chi connectivity index (χ3v) is 5.75. The summed E-state index contributed by atoms with van der Waals surface area (Å²) >= 11 is 0. The van der Waals surface area contributed by atoms with E-state index in [-0.39, 0.29) is 0 Å². The standard InChI is InChI=1S/C23H22BN5O4/c1-13-10-18-16(20(25)30)6-3-7-19(18)29(13)23-27-21(17-8-9-33-22(17)28-23)26-12-14-4-2-5-15(11-14)24(31)32/h2-7,10-11,31-32H,8-9,12H2,1H3,(H2,25,30)(H,26,27,28). The van der Waals surface area contributed by atoms with Crippen LogP contribution in [0.4, 0.5) is 5.82 Å². The van der Waals surface area contributed by atoms with Crippen molar-refractivity contribution in [3.63, 3.8) is 0 Å². The summed E-state index contributed by atoms with van der Waals surface area (Å²) in [6.07, 6.45) is 0.685. The molecule has 1 aliphatic rings. The maximum atomic E-state index is 11.9. The highest BCUT2D eigenvalue weighted by Gasteiger charge is 2.23. The lowest BCUT2D eigenvalue weighted by Gasteiger charge is -2.14. The molecule has 5 N–H and O–H groups in total. The SMILES string of the molecule is Cc1cc2c(C(N)=O)cccc2n1-c1nc(NCc2cccc(B(O)O)c2)c2c(n1)OCC2. The second-order valence-corrected chi connectivity index (χ2v) is 7.95. The number of anilines is 1. The number of nitrogens with zero attached hydrogens (tertiary/aromatic N) is 3. The predicted octanol–water partition coefficient (Wildman–Crippen LogP) is 1.05. The van der Waals surface area contributed by atoms with Crippen molar-refractivity contribution in [1.82, 2.24) is 14.5 Å². The van der Waals surface area contributed by atoms with Gasteiger partial charge in [0.15, 0.2) is 0 Å². The number of amides is 1. The number of nitrogens with two attached hydrogens (primary N) is 1. The van der Waals surface area contributed by atoms with Crippen molar-refractivity contribution in [2.75, 3.05) is 11.9 Å². The van der Waals surface area contributed by atoms with Crippen molar-refractivity contribution in [1.29, 1.82) is 0 Å². The summed E-state index contributed by atoms with van der Waals surface area (Å²) in [5.74, 6) is 1.10. The fraction of sp³-hybridized carbons (Fsp3) is 0.174. The molecular formula is C23H22BN5O4. The van der Waals surface area contributed by atoms with Gasteiger partial charge in [0.2, 0.25) is 17.7 Å². The number of carbonyl (C=O) groups is 1. The second kappa shape index (κ2) is 8.23. The van der Waals surface area contributed by atoms with E-state index in [0.717, 1.165) is 27.7 Å². The number of hydrogen-bond donors (Lipinski definition) is 4. The van der Waals surface area contributed by atoms with Crippen molar-refractivity contribution in [2.24, 2.45) is 5.73 Å². The molecule has 9 nitrogen and oxygen atoms in total. The van der Waals surface area contributed by atoms with Crippen molar-refractivity contribution in [2.45, 2.75) is 19.9 Å². The van der Waals surface area contributed by atoms with Crippen LogP contribution in [0.1, 0.15) is 27.2 Å². The molecule has 0 saturated carbocycles. The normalized spacial score (nSPS) is 12.5. The van der Waals surface area contributed by atoms with Gasteiger partial charge in [-0.2, -0.15) is 9.97 Å². The van der Waals surface area contributed by atoms with E-state index in [1.165, 1.54) is 0 Å². The molecule has 166 valence electrons. The molecule has 2 aromatic heterocycles. The van der Waals surface area contributed by atoms with Gasteiger partial charge in [-0.3, -0.25) is 9.36 Å². The van der Waals surface area contributed by atoms with Gasteiger partial charge in [-0.05, 0) is 36.1 Å². The van der Waals surface area contributed by atoms with Crippen molar-refractivity contribution < 1.29 is 19.6 Å². The van der Waals surface area contributed by atoms with Gasteiger partial charge in [-0.15, -0.1) is 0 Å². The number of fused-ring (bicyclic) bond motifs is 2. The van der Waals surface area contributed by atoms with E-state index < -0.39 is 13.0 Å². The molecule has 0 bridgehead atoms. The Bertz CT molecular complexity index is 1390. The number of aromatic nitrogens is 3. The summed E-state index contributed by atoms with van der Waals surface area (Å²) in [5, 5.41) is 23.0. The Balaban J connectivity index is 1.56. The lowest BCUT2D eigenvalue weighted by molar-refractivity contribution is 0.100. The van der Waals surface area contributed by atoms with Gasteiger partial charge in [-0.25, -0.2) is 0 Å². The molecule has 0 saturated heterocycles. The number of benzene rings is 2. The van der Waals surface area contributed by atoms with Crippen LogP contribution in [-0.4, -0.2) is 44.2 Å². The monoisotopic (exact) mass is 443 g/mol. The van der Waals surface area contributed by atoms with Gasteiger partial charge in [0, 0.05) is 29.6 Å². The summed E-state index contributed by atoms with van der Waals surface area (Å²) in [6, 6.07) is 14.3. The van der Waals surface area contributed by atoms with Crippen LogP contribution in [0.2, 0.25) is 0 Å². The lowest BCUT2D eigenvalue weighted by atomic mass is 9.80. The molecule has 4 aromatic rings. The summed E-state index contributed by atoms with van der Waals surface area (Å²) in [5.41, 5.74) is 9.82. The molecular weight excluding hydrogens is 421 g/mol. The first-order chi connectivity index (χ1) is 15.9. The van der Waals surface area contributed by atoms with E-state index in [2.05, 4.69) is 10.3 Å². The Kier molecular flexibility index (Phi) is 5.23. The van der Waals surface area contributed by atoms with E-state index in [1.54, 1.807) is 30.3 Å². The first-order valence-corrected chi connectivity index (χ1v) is 10.6. The summed E-state index contributed by atoms with van der Waals surface area (Å²) in [6.45, 7) is 2.87. The second-order valence-electron chi connectivity index (χ2n) is 7.95. The van der Waals surface area contributed by atoms with Crippen LogP contribution >= 0.6 is 0 Å². The summed E-state index contributed by atoms with van der Waals surface area (Å²) < 4.78 is 7.62. The summed E-state index contributed by atoms with van der Waals surface area (Å²) in [4.78, 5) is 21.3. The third kappa shape index (κ3) is 3.79. The van der Waals surface area contributed by atoms with Gasteiger partial charge in [-0.1, -0.05) is 30.3 Å². The van der Waals surface area contributed by atoms with Crippen LogP contribution in [0, 0.1) is 6.92 Å². The average molecular weight is 443 g/mol. The number of aryl methyl sites for hydroxylation is 1. The van der Waals surface area contributed by atoms with Crippen LogP contribution in [-0.2, 0) is 13.0 Å². The lowest BCUT2D eigenvalue weighted by Crippen LogP contribution is -2.30. The molecule has 3 heterocycles. The Labute approximate surface area is 190 Å². The van der Waals surface area contributed by atoms with Crippen LogP contribution in [0.3, 0.4) is 0 Å². The fourth-order valence-electron chi connectivity index (χ4n) is 4.19. The molecule has 10 heteroatoms. The molecule has 0 atom stereocenters. The first-order valence-electron chi connectivity index (χ1n) is 10.6. The van der Waals surface area contributed by atoms with Crippen LogP contribution < -0.4 is 21.3 Å². The average Bonchev–Trinajstić information content (AvgIpc) is 3.40. The van der Waals surface area contributed by atoms with Gasteiger partial charge in [0.25, 0.3) is 0 Å². The molecule has 0 unspecified atom stereocenters. The molecule has 33 heavy (non-hydrogen) atoms. The highest BCUT2D eigenvalue weighted by Crippen LogP contribution is 2.32. The third-order valence-electron chi connectivity index (χ3n) is 5.75. The Morgan fingerprint density at radius 1 is 1.21 bits per heavy atom. The van der Waals surface area contributed by atoms with E-state index in [0.29, 0.717) is 48.2 Å². The minimum Gasteiger partial charge on any atom is -0.477 e. The van der Waals surface area contributed by atoms with Crippen molar-refractivity contribution >= 4 is 35.2 Å². The van der Waals surface area contributed by atoms with E-state index >= 15 is 0 Å². The quantitative estimate of drug-likeness (QED) is 0.327. The van der Waals surface area contributed by atoms with Crippen molar-refractivity contribution in [3.8, 4) is 11.8 Å². The number of nitrogens with one attached hydrogen (secondary N) is 1. The van der Waals surface area contributed by atoms with Crippen LogP contribution in [0.25, 0.3) is 16.9 Å². The predicted molar refractivity (Wildman–Crippen MR) is 125 cm³/mol. The molecule has 2 aromatic carbocycles. The summed E-state index contributed by atoms with van der Waals surface area (Å²) in [7, 11) is -1.52. The zero-order chi connectivity index (χ0) is 23.1. The smallest absolute Gasteiger partial charge is 0.477 e. The van der Waals surface area contributed by atoms with E-state index in [9.17, 15) is 14.8 Å². The first kappa shape index (κ1) is 21.0.